The fourth-order valence-corrected chi connectivity index (χ4v) is 4.69. The highest BCUT2D eigenvalue weighted by Gasteiger charge is 2.41. The van der Waals surface area contributed by atoms with Crippen LogP contribution in [0.2, 0.25) is 0 Å². The zero-order chi connectivity index (χ0) is 22.2. The van der Waals surface area contributed by atoms with Gasteiger partial charge in [-0.05, 0) is 54.2 Å². The van der Waals surface area contributed by atoms with Crippen LogP contribution < -0.4 is 10.1 Å². The first-order chi connectivity index (χ1) is 14.8. The van der Waals surface area contributed by atoms with Gasteiger partial charge in [0.2, 0.25) is 0 Å². The maximum Gasteiger partial charge on any atom is 0.162 e. The number of benzene rings is 2. The maximum absolute atomic E-state index is 13.1. The molecule has 0 bridgehead atoms. The molecule has 0 fully saturated rings. The van der Waals surface area contributed by atoms with E-state index in [0.717, 1.165) is 44.7 Å². The number of Topliss-reactive ketones (excluding diaryl/α,β-unsaturated/α-hetero) is 1. The average Bonchev–Trinajstić information content (AvgIpc) is 2.72. The molecule has 0 amide bonds. The van der Waals surface area contributed by atoms with Gasteiger partial charge in [-0.3, -0.25) is 4.79 Å². The van der Waals surface area contributed by atoms with Crippen LogP contribution >= 0.6 is 15.9 Å². The SMILES string of the molecule is CC1=C(C#N)[C@@H](c2ccc(OCc3ccc(Br)cc3)cc2)C2=C(CC(C)(C)CC2=O)N1. The van der Waals surface area contributed by atoms with Crippen LogP contribution in [0.3, 0.4) is 0 Å². The van der Waals surface area contributed by atoms with Crippen LogP contribution in [-0.4, -0.2) is 5.78 Å². The van der Waals surface area contributed by atoms with Crippen molar-refractivity contribution in [1.82, 2.24) is 5.32 Å². The molecule has 1 atom stereocenters. The van der Waals surface area contributed by atoms with Crippen molar-refractivity contribution in [3.05, 3.63) is 86.7 Å². The van der Waals surface area contributed by atoms with Gasteiger partial charge in [-0.1, -0.05) is 54.0 Å². The highest BCUT2D eigenvalue weighted by atomic mass is 79.9. The van der Waals surface area contributed by atoms with Gasteiger partial charge in [-0.15, -0.1) is 0 Å². The summed E-state index contributed by atoms with van der Waals surface area (Å²) < 4.78 is 6.96. The van der Waals surface area contributed by atoms with Gasteiger partial charge >= 0.3 is 0 Å². The number of carbonyl (C=O) groups is 1. The molecule has 0 spiro atoms. The lowest BCUT2D eigenvalue weighted by molar-refractivity contribution is -0.118. The monoisotopic (exact) mass is 476 g/mol. The van der Waals surface area contributed by atoms with Gasteiger partial charge in [-0.25, -0.2) is 0 Å². The topological polar surface area (TPSA) is 62.1 Å². The second kappa shape index (κ2) is 8.36. The molecule has 1 N–H and O–H groups in total. The Morgan fingerprint density at radius 2 is 1.81 bits per heavy atom. The van der Waals surface area contributed by atoms with E-state index in [0.29, 0.717) is 18.6 Å². The minimum atomic E-state index is -0.328. The fourth-order valence-electron chi connectivity index (χ4n) is 4.42. The number of nitrogens with zero attached hydrogens (tertiary/aromatic N) is 1. The standard InChI is InChI=1S/C26H25BrN2O2/c1-16-21(14-28)24(25-22(29-16)12-26(2,3)13-23(25)30)18-6-10-20(11-7-18)31-15-17-4-8-19(27)9-5-17/h4-11,24,29H,12-13,15H2,1-3H3/t24-/m1/s1. The Labute approximate surface area is 191 Å². The quantitative estimate of drug-likeness (QED) is 0.573. The van der Waals surface area contributed by atoms with Crippen molar-refractivity contribution in [2.24, 2.45) is 5.41 Å². The van der Waals surface area contributed by atoms with Gasteiger partial charge in [0.1, 0.15) is 12.4 Å². The zero-order valence-electron chi connectivity index (χ0n) is 18.0. The largest absolute Gasteiger partial charge is 0.489 e. The van der Waals surface area contributed by atoms with Crippen LogP contribution in [0.25, 0.3) is 0 Å². The van der Waals surface area contributed by atoms with E-state index >= 15 is 0 Å². The fraction of sp³-hybridized carbons (Fsp3) is 0.308. The lowest BCUT2D eigenvalue weighted by Gasteiger charge is -2.38. The lowest BCUT2D eigenvalue weighted by Crippen LogP contribution is -2.36. The number of hydrogen-bond acceptors (Lipinski definition) is 4. The molecule has 1 aliphatic carbocycles. The second-order valence-electron chi connectivity index (χ2n) is 9.03. The summed E-state index contributed by atoms with van der Waals surface area (Å²) in [5, 5.41) is 13.2. The molecule has 158 valence electrons. The van der Waals surface area contributed by atoms with E-state index in [2.05, 4.69) is 41.2 Å². The second-order valence-corrected chi connectivity index (χ2v) is 9.94. The van der Waals surface area contributed by atoms with Crippen LogP contribution in [0.1, 0.15) is 50.7 Å². The Kier molecular flexibility index (Phi) is 5.77. The number of ketones is 1. The third kappa shape index (κ3) is 4.45. The van der Waals surface area contributed by atoms with E-state index in [1.54, 1.807) is 0 Å². The molecular weight excluding hydrogens is 452 g/mol. The molecule has 4 rings (SSSR count). The van der Waals surface area contributed by atoms with Crippen LogP contribution in [0.5, 0.6) is 5.75 Å². The highest BCUT2D eigenvalue weighted by Crippen LogP contribution is 2.46. The average molecular weight is 477 g/mol. The Morgan fingerprint density at radius 3 is 2.45 bits per heavy atom. The minimum absolute atomic E-state index is 0.0807. The number of nitriles is 1. The number of rotatable bonds is 4. The molecule has 1 aliphatic heterocycles. The van der Waals surface area contributed by atoms with Crippen molar-refractivity contribution in [3.63, 3.8) is 0 Å². The van der Waals surface area contributed by atoms with E-state index in [9.17, 15) is 10.1 Å². The molecule has 0 aromatic heterocycles. The zero-order valence-corrected chi connectivity index (χ0v) is 19.5. The first-order valence-corrected chi connectivity index (χ1v) is 11.2. The summed E-state index contributed by atoms with van der Waals surface area (Å²) in [5.74, 6) is 0.551. The van der Waals surface area contributed by atoms with Crippen molar-refractivity contribution in [1.29, 1.82) is 5.26 Å². The van der Waals surface area contributed by atoms with Gasteiger partial charge in [0, 0.05) is 27.9 Å². The van der Waals surface area contributed by atoms with Crippen molar-refractivity contribution < 1.29 is 9.53 Å². The smallest absolute Gasteiger partial charge is 0.162 e. The number of halogens is 1. The Morgan fingerprint density at radius 1 is 1.13 bits per heavy atom. The van der Waals surface area contributed by atoms with Gasteiger partial charge < -0.3 is 10.1 Å². The summed E-state index contributed by atoms with van der Waals surface area (Å²) >= 11 is 3.44. The Hall–Kier alpha value is -2.84. The van der Waals surface area contributed by atoms with E-state index in [1.165, 1.54) is 0 Å². The number of allylic oxidation sites excluding steroid dienone is 4. The molecule has 2 aliphatic rings. The number of hydrogen-bond donors (Lipinski definition) is 1. The third-order valence-corrected chi connectivity index (χ3v) is 6.42. The number of carbonyl (C=O) groups excluding carboxylic acids is 1. The summed E-state index contributed by atoms with van der Waals surface area (Å²) in [6.45, 7) is 6.62. The van der Waals surface area contributed by atoms with Crippen molar-refractivity contribution in [2.45, 2.75) is 46.1 Å². The summed E-state index contributed by atoms with van der Waals surface area (Å²) in [5.41, 5.74) is 5.07. The van der Waals surface area contributed by atoms with Crippen LogP contribution in [0.4, 0.5) is 0 Å². The van der Waals surface area contributed by atoms with E-state index in [4.69, 9.17) is 4.74 Å². The van der Waals surface area contributed by atoms with E-state index < -0.39 is 0 Å². The number of ether oxygens (including phenoxy) is 1. The van der Waals surface area contributed by atoms with Crippen LogP contribution in [0.15, 0.2) is 75.5 Å². The van der Waals surface area contributed by atoms with Crippen LogP contribution in [0, 0.1) is 16.7 Å². The summed E-state index contributed by atoms with van der Waals surface area (Å²) in [4.78, 5) is 13.1. The molecule has 4 nitrogen and oxygen atoms in total. The third-order valence-electron chi connectivity index (χ3n) is 5.89. The van der Waals surface area contributed by atoms with Gasteiger partial charge in [0.25, 0.3) is 0 Å². The minimum Gasteiger partial charge on any atom is -0.489 e. The number of dihydropyridines is 1. The van der Waals surface area contributed by atoms with Crippen molar-refractivity contribution in [2.75, 3.05) is 0 Å². The molecule has 0 saturated heterocycles. The maximum atomic E-state index is 13.1. The Balaban J connectivity index is 1.61. The number of nitrogens with one attached hydrogen (secondary N) is 1. The molecule has 0 radical (unpaired) electrons. The molecule has 0 unspecified atom stereocenters. The molecule has 5 heteroatoms. The molecular formula is C26H25BrN2O2. The van der Waals surface area contributed by atoms with Crippen molar-refractivity contribution in [3.8, 4) is 11.8 Å². The first-order valence-electron chi connectivity index (χ1n) is 10.4. The molecule has 31 heavy (non-hydrogen) atoms. The predicted octanol–water partition coefficient (Wildman–Crippen LogP) is 6.16. The van der Waals surface area contributed by atoms with Crippen molar-refractivity contribution >= 4 is 21.7 Å². The van der Waals surface area contributed by atoms with E-state index in [1.807, 2.05) is 55.5 Å². The van der Waals surface area contributed by atoms with Crippen LogP contribution in [-0.2, 0) is 11.4 Å². The molecule has 0 saturated carbocycles. The summed E-state index contributed by atoms with van der Waals surface area (Å²) in [6, 6.07) is 18.1. The summed E-state index contributed by atoms with van der Waals surface area (Å²) in [7, 11) is 0. The van der Waals surface area contributed by atoms with Gasteiger partial charge in [0.05, 0.1) is 17.6 Å². The Bertz CT molecular complexity index is 1120. The predicted molar refractivity (Wildman–Crippen MR) is 124 cm³/mol. The van der Waals surface area contributed by atoms with E-state index in [-0.39, 0.29) is 17.1 Å². The van der Waals surface area contributed by atoms with Gasteiger partial charge in [-0.2, -0.15) is 5.26 Å². The molecule has 2 aromatic rings. The molecule has 2 aromatic carbocycles. The summed E-state index contributed by atoms with van der Waals surface area (Å²) in [6.07, 6.45) is 1.30. The van der Waals surface area contributed by atoms with Gasteiger partial charge in [0.15, 0.2) is 5.78 Å². The lowest BCUT2D eigenvalue weighted by atomic mass is 9.69. The normalized spacial score (nSPS) is 20.1. The molecule has 1 heterocycles. The highest BCUT2D eigenvalue weighted by molar-refractivity contribution is 9.10. The first kappa shape index (κ1) is 21.4.